The van der Waals surface area contributed by atoms with Crippen LogP contribution in [0.4, 0.5) is 0 Å². The minimum absolute atomic E-state index is 0.0441. The zero-order valence-electron chi connectivity index (χ0n) is 16.4. The number of hydrogen-bond donors (Lipinski definition) is 1. The summed E-state index contributed by atoms with van der Waals surface area (Å²) in [7, 11) is 1.53. The summed E-state index contributed by atoms with van der Waals surface area (Å²) in [6.45, 7) is 5.96. The van der Waals surface area contributed by atoms with Crippen molar-refractivity contribution in [3.8, 4) is 11.5 Å². The van der Waals surface area contributed by atoms with Crippen molar-refractivity contribution in [1.29, 1.82) is 0 Å². The van der Waals surface area contributed by atoms with Crippen molar-refractivity contribution in [1.82, 2.24) is 4.90 Å². The summed E-state index contributed by atoms with van der Waals surface area (Å²) in [5.41, 5.74) is 1.80. The highest BCUT2D eigenvalue weighted by Crippen LogP contribution is 2.28. The Morgan fingerprint density at radius 2 is 1.86 bits per heavy atom. The summed E-state index contributed by atoms with van der Waals surface area (Å²) in [6, 6.07) is 15.3. The lowest BCUT2D eigenvalue weighted by Gasteiger charge is -2.33. The van der Waals surface area contributed by atoms with E-state index in [1.807, 2.05) is 11.0 Å². The molecule has 1 fully saturated rings. The van der Waals surface area contributed by atoms with Crippen LogP contribution >= 0.6 is 0 Å². The molecule has 1 atom stereocenters. The van der Waals surface area contributed by atoms with Gasteiger partial charge in [-0.25, -0.2) is 0 Å². The number of aldehydes is 1. The van der Waals surface area contributed by atoms with Crippen molar-refractivity contribution in [2.24, 2.45) is 0 Å². The smallest absolute Gasteiger partial charge is 0.263 e. The SMILES string of the molecule is COc1ccc(C=O)cc1O[C@H](C)C(=O)N1CC[NH+](Cc2ccccc2)CC1. The molecule has 2 aromatic carbocycles. The quantitative estimate of drug-likeness (QED) is 0.730. The number of rotatable bonds is 7. The Morgan fingerprint density at radius 1 is 1.14 bits per heavy atom. The molecule has 1 aliphatic rings. The average Bonchev–Trinajstić information content (AvgIpc) is 2.74. The van der Waals surface area contributed by atoms with E-state index in [1.54, 1.807) is 25.1 Å². The van der Waals surface area contributed by atoms with E-state index in [-0.39, 0.29) is 5.91 Å². The summed E-state index contributed by atoms with van der Waals surface area (Å²) >= 11 is 0. The van der Waals surface area contributed by atoms with Crippen LogP contribution in [0.15, 0.2) is 48.5 Å². The van der Waals surface area contributed by atoms with E-state index in [2.05, 4.69) is 24.3 Å². The zero-order chi connectivity index (χ0) is 19.9. The van der Waals surface area contributed by atoms with Crippen LogP contribution in [-0.2, 0) is 11.3 Å². The standard InChI is InChI=1S/C22H26N2O4/c1-17(28-21-14-19(16-25)8-9-20(21)27-2)22(26)24-12-10-23(11-13-24)15-18-6-4-3-5-7-18/h3-9,14,16-17H,10-13,15H2,1-2H3/p+1/t17-/m1/s1. The van der Waals surface area contributed by atoms with Crippen molar-refractivity contribution < 1.29 is 24.0 Å². The number of carbonyl (C=O) groups is 2. The number of carbonyl (C=O) groups excluding carboxylic acids is 2. The highest BCUT2D eigenvalue weighted by Gasteiger charge is 2.28. The Kier molecular flexibility index (Phi) is 6.66. The lowest BCUT2D eigenvalue weighted by molar-refractivity contribution is -0.917. The van der Waals surface area contributed by atoms with E-state index in [1.165, 1.54) is 17.6 Å². The first-order valence-corrected chi connectivity index (χ1v) is 9.57. The lowest BCUT2D eigenvalue weighted by atomic mass is 10.2. The molecule has 148 valence electrons. The van der Waals surface area contributed by atoms with Gasteiger partial charge < -0.3 is 19.3 Å². The number of piperazine rings is 1. The molecule has 6 heteroatoms. The summed E-state index contributed by atoms with van der Waals surface area (Å²) < 4.78 is 11.1. The molecule has 1 heterocycles. The molecule has 3 rings (SSSR count). The van der Waals surface area contributed by atoms with Crippen LogP contribution in [0.2, 0.25) is 0 Å². The van der Waals surface area contributed by atoms with Crippen molar-refractivity contribution >= 4 is 12.2 Å². The van der Waals surface area contributed by atoms with Crippen LogP contribution in [0.25, 0.3) is 0 Å². The third kappa shape index (κ3) is 4.89. The predicted octanol–water partition coefficient (Wildman–Crippen LogP) is 1.20. The lowest BCUT2D eigenvalue weighted by Crippen LogP contribution is -3.13. The molecular weight excluding hydrogens is 356 g/mol. The molecule has 0 aliphatic carbocycles. The molecule has 2 aromatic rings. The average molecular weight is 383 g/mol. The molecule has 1 saturated heterocycles. The normalized spacial score (nSPS) is 15.7. The molecule has 0 radical (unpaired) electrons. The fourth-order valence-corrected chi connectivity index (χ4v) is 3.46. The fourth-order valence-electron chi connectivity index (χ4n) is 3.46. The van der Waals surface area contributed by atoms with Crippen molar-refractivity contribution in [2.45, 2.75) is 19.6 Å². The van der Waals surface area contributed by atoms with Crippen molar-refractivity contribution in [3.63, 3.8) is 0 Å². The predicted molar refractivity (Wildman–Crippen MR) is 106 cm³/mol. The number of hydrogen-bond acceptors (Lipinski definition) is 4. The van der Waals surface area contributed by atoms with Gasteiger partial charge in [-0.15, -0.1) is 0 Å². The highest BCUT2D eigenvalue weighted by molar-refractivity contribution is 5.81. The molecule has 28 heavy (non-hydrogen) atoms. The summed E-state index contributed by atoms with van der Waals surface area (Å²) in [6.07, 6.45) is 0.0968. The molecule has 0 spiro atoms. The largest absolute Gasteiger partial charge is 0.493 e. The molecule has 6 nitrogen and oxygen atoms in total. The summed E-state index contributed by atoms with van der Waals surface area (Å²) in [5.74, 6) is 0.862. The number of methoxy groups -OCH3 is 1. The number of nitrogens with one attached hydrogen (secondary N) is 1. The van der Waals surface area contributed by atoms with Gasteiger partial charge in [0.1, 0.15) is 12.8 Å². The first-order valence-electron chi connectivity index (χ1n) is 9.57. The van der Waals surface area contributed by atoms with Crippen LogP contribution in [0, 0.1) is 0 Å². The minimum atomic E-state index is -0.647. The summed E-state index contributed by atoms with van der Waals surface area (Å²) in [5, 5.41) is 0. The van der Waals surface area contributed by atoms with Gasteiger partial charge in [0.25, 0.3) is 5.91 Å². The van der Waals surface area contributed by atoms with Crippen molar-refractivity contribution in [3.05, 3.63) is 59.7 Å². The van der Waals surface area contributed by atoms with Crippen LogP contribution in [-0.4, -0.2) is 56.5 Å². The Hall–Kier alpha value is -2.86. The van der Waals surface area contributed by atoms with Gasteiger partial charge in [-0.05, 0) is 25.1 Å². The number of nitrogens with zero attached hydrogens (tertiary/aromatic N) is 1. The Balaban J connectivity index is 1.55. The van der Waals surface area contributed by atoms with Gasteiger partial charge in [0.15, 0.2) is 17.6 Å². The fraction of sp³-hybridized carbons (Fsp3) is 0.364. The van der Waals surface area contributed by atoms with Crippen LogP contribution in [0.5, 0.6) is 11.5 Å². The highest BCUT2D eigenvalue weighted by atomic mass is 16.5. The zero-order valence-corrected chi connectivity index (χ0v) is 16.4. The van der Waals surface area contributed by atoms with E-state index in [0.717, 1.165) is 25.9 Å². The van der Waals surface area contributed by atoms with E-state index >= 15 is 0 Å². The second-order valence-electron chi connectivity index (χ2n) is 7.03. The molecule has 0 bridgehead atoms. The van der Waals surface area contributed by atoms with Gasteiger partial charge in [-0.1, -0.05) is 30.3 Å². The minimum Gasteiger partial charge on any atom is -0.493 e. The molecule has 0 aromatic heterocycles. The Bertz CT molecular complexity index is 801. The first kappa shape index (κ1) is 19.9. The van der Waals surface area contributed by atoms with Crippen molar-refractivity contribution in [2.75, 3.05) is 33.3 Å². The van der Waals surface area contributed by atoms with Crippen LogP contribution in [0.1, 0.15) is 22.8 Å². The topological polar surface area (TPSA) is 60.3 Å². The maximum Gasteiger partial charge on any atom is 0.263 e. The number of amides is 1. The molecular formula is C22H27N2O4+. The van der Waals surface area contributed by atoms with Gasteiger partial charge in [0.05, 0.1) is 33.3 Å². The maximum atomic E-state index is 12.8. The van der Waals surface area contributed by atoms with E-state index in [0.29, 0.717) is 30.2 Å². The van der Waals surface area contributed by atoms with E-state index < -0.39 is 6.10 Å². The van der Waals surface area contributed by atoms with Gasteiger partial charge in [0, 0.05) is 11.1 Å². The third-order valence-electron chi connectivity index (χ3n) is 5.05. The van der Waals surface area contributed by atoms with Crippen LogP contribution < -0.4 is 14.4 Å². The molecule has 0 saturated carbocycles. The Morgan fingerprint density at radius 3 is 2.50 bits per heavy atom. The Labute approximate surface area is 165 Å². The molecule has 1 amide bonds. The molecule has 1 aliphatic heterocycles. The number of ether oxygens (including phenoxy) is 2. The molecule has 0 unspecified atom stereocenters. The number of benzene rings is 2. The third-order valence-corrected chi connectivity index (χ3v) is 5.05. The van der Waals surface area contributed by atoms with E-state index in [9.17, 15) is 9.59 Å². The van der Waals surface area contributed by atoms with Gasteiger partial charge in [-0.3, -0.25) is 9.59 Å². The second kappa shape index (κ2) is 9.37. The van der Waals surface area contributed by atoms with Gasteiger partial charge >= 0.3 is 0 Å². The summed E-state index contributed by atoms with van der Waals surface area (Å²) in [4.78, 5) is 27.1. The van der Waals surface area contributed by atoms with Gasteiger partial charge in [-0.2, -0.15) is 0 Å². The van der Waals surface area contributed by atoms with Crippen LogP contribution in [0.3, 0.4) is 0 Å². The first-order chi connectivity index (χ1) is 13.6. The maximum absolute atomic E-state index is 12.8. The number of quaternary nitrogens is 1. The van der Waals surface area contributed by atoms with Gasteiger partial charge in [0.2, 0.25) is 0 Å². The monoisotopic (exact) mass is 383 g/mol. The van der Waals surface area contributed by atoms with E-state index in [4.69, 9.17) is 9.47 Å². The molecule has 1 N–H and O–H groups in total. The second-order valence-corrected chi connectivity index (χ2v) is 7.03.